The summed E-state index contributed by atoms with van der Waals surface area (Å²) in [5.74, 6) is 0. The number of aliphatic hydroxyl groups is 1. The Balaban J connectivity index is 1.94. The van der Waals surface area contributed by atoms with Gasteiger partial charge in [0.2, 0.25) is 0 Å². The molecule has 0 bridgehead atoms. The summed E-state index contributed by atoms with van der Waals surface area (Å²) < 4.78 is 5.78. The van der Waals surface area contributed by atoms with Crippen molar-refractivity contribution in [3.05, 3.63) is 9.98 Å². The molecule has 0 saturated carbocycles. The van der Waals surface area contributed by atoms with Crippen molar-refractivity contribution < 1.29 is 9.84 Å². The molecule has 0 aliphatic carbocycles. The van der Waals surface area contributed by atoms with Crippen molar-refractivity contribution in [3.63, 3.8) is 0 Å². The van der Waals surface area contributed by atoms with Crippen LogP contribution in [0, 0.1) is 0 Å². The molecule has 0 aromatic carbocycles. The second-order valence-corrected chi connectivity index (χ2v) is 5.12. The number of methoxy groups -OCH3 is 1. The van der Waals surface area contributed by atoms with Gasteiger partial charge in [-0.1, -0.05) is 0 Å². The number of anilines is 1. The molecule has 0 atom stereocenters. The molecule has 1 aromatic heterocycles. The highest BCUT2D eigenvalue weighted by atomic mass is 79.9. The van der Waals surface area contributed by atoms with Crippen LogP contribution in [0.1, 0.15) is 0 Å². The third-order valence-electron chi connectivity index (χ3n) is 2.12. The van der Waals surface area contributed by atoms with Crippen LogP contribution in [-0.4, -0.2) is 42.5 Å². The maximum absolute atomic E-state index is 9.85. The third kappa shape index (κ3) is 1.93. The first-order valence-electron chi connectivity index (χ1n) is 4.20. The van der Waals surface area contributed by atoms with Gasteiger partial charge in [-0.05, 0) is 15.9 Å². The summed E-state index contributed by atoms with van der Waals surface area (Å²) in [6, 6.07) is 0. The molecule has 0 amide bonds. The quantitative estimate of drug-likeness (QED) is 0.900. The van der Waals surface area contributed by atoms with E-state index in [1.54, 1.807) is 18.4 Å². The monoisotopic (exact) mass is 278 g/mol. The van der Waals surface area contributed by atoms with Crippen LogP contribution in [0.3, 0.4) is 0 Å². The van der Waals surface area contributed by atoms with Gasteiger partial charge in [0.25, 0.3) is 0 Å². The normalized spacial score (nSPS) is 19.5. The highest BCUT2D eigenvalue weighted by Crippen LogP contribution is 2.31. The standard InChI is InChI=1S/C8H11BrN2O2S/c1-13-5-8(12)3-11(4-8)7-10-6(9)2-14-7/h2,12H,3-5H2,1H3. The number of hydrogen-bond acceptors (Lipinski definition) is 5. The molecule has 0 spiro atoms. The second kappa shape index (κ2) is 3.77. The number of halogens is 1. The van der Waals surface area contributed by atoms with Gasteiger partial charge < -0.3 is 14.7 Å². The molecule has 1 saturated heterocycles. The zero-order chi connectivity index (χ0) is 10.2. The average molecular weight is 279 g/mol. The Bertz CT molecular complexity index is 325. The predicted molar refractivity (Wildman–Crippen MR) is 58.9 cm³/mol. The van der Waals surface area contributed by atoms with Crippen LogP contribution in [0.15, 0.2) is 9.98 Å². The van der Waals surface area contributed by atoms with Gasteiger partial charge in [-0.2, -0.15) is 0 Å². The molecule has 1 N–H and O–H groups in total. The van der Waals surface area contributed by atoms with E-state index in [0.717, 1.165) is 9.73 Å². The van der Waals surface area contributed by atoms with Gasteiger partial charge in [-0.15, -0.1) is 11.3 Å². The van der Waals surface area contributed by atoms with Crippen molar-refractivity contribution in [1.29, 1.82) is 0 Å². The van der Waals surface area contributed by atoms with Crippen LogP contribution >= 0.6 is 27.3 Å². The van der Waals surface area contributed by atoms with E-state index in [-0.39, 0.29) is 0 Å². The minimum absolute atomic E-state index is 0.385. The Morgan fingerprint density at radius 1 is 1.79 bits per heavy atom. The van der Waals surface area contributed by atoms with Crippen LogP contribution in [0.4, 0.5) is 5.13 Å². The lowest BCUT2D eigenvalue weighted by molar-refractivity contribution is -0.0503. The van der Waals surface area contributed by atoms with Crippen molar-refractivity contribution in [2.45, 2.75) is 5.60 Å². The van der Waals surface area contributed by atoms with Gasteiger partial charge >= 0.3 is 0 Å². The molecule has 2 heterocycles. The van der Waals surface area contributed by atoms with Crippen molar-refractivity contribution >= 4 is 32.4 Å². The number of thiazole rings is 1. The second-order valence-electron chi connectivity index (χ2n) is 3.47. The lowest BCUT2D eigenvalue weighted by atomic mass is 9.96. The molecule has 6 heteroatoms. The fourth-order valence-electron chi connectivity index (χ4n) is 1.55. The summed E-state index contributed by atoms with van der Waals surface area (Å²) in [4.78, 5) is 6.30. The minimum atomic E-state index is -0.688. The smallest absolute Gasteiger partial charge is 0.186 e. The van der Waals surface area contributed by atoms with Crippen molar-refractivity contribution in [2.75, 3.05) is 31.7 Å². The fourth-order valence-corrected chi connectivity index (χ4v) is 2.80. The number of aromatic nitrogens is 1. The summed E-state index contributed by atoms with van der Waals surface area (Å²) in [5.41, 5.74) is -0.688. The summed E-state index contributed by atoms with van der Waals surface area (Å²) in [7, 11) is 1.60. The molecular formula is C8H11BrN2O2S. The highest BCUT2D eigenvalue weighted by Gasteiger charge is 2.42. The Hall–Kier alpha value is -0.170. The van der Waals surface area contributed by atoms with Crippen molar-refractivity contribution in [3.8, 4) is 0 Å². The highest BCUT2D eigenvalue weighted by molar-refractivity contribution is 9.10. The zero-order valence-corrected chi connectivity index (χ0v) is 10.1. The first-order chi connectivity index (χ1) is 6.63. The maximum atomic E-state index is 9.85. The molecule has 14 heavy (non-hydrogen) atoms. The molecule has 1 aromatic rings. The molecule has 78 valence electrons. The van der Waals surface area contributed by atoms with Crippen LogP contribution in [0.25, 0.3) is 0 Å². The molecule has 4 nitrogen and oxygen atoms in total. The van der Waals surface area contributed by atoms with Gasteiger partial charge in [-0.25, -0.2) is 4.98 Å². The largest absolute Gasteiger partial charge is 0.384 e. The average Bonchev–Trinajstić information content (AvgIpc) is 2.47. The topological polar surface area (TPSA) is 45.6 Å². The van der Waals surface area contributed by atoms with Gasteiger partial charge in [0.15, 0.2) is 5.13 Å². The van der Waals surface area contributed by atoms with Crippen LogP contribution in [-0.2, 0) is 4.74 Å². The Morgan fingerprint density at radius 2 is 2.50 bits per heavy atom. The first kappa shape index (κ1) is 10.4. The maximum Gasteiger partial charge on any atom is 0.186 e. The molecule has 0 unspecified atom stereocenters. The SMILES string of the molecule is COCC1(O)CN(c2nc(Br)cs2)C1. The summed E-state index contributed by atoms with van der Waals surface area (Å²) in [5, 5.41) is 12.7. The van der Waals surface area contributed by atoms with Crippen LogP contribution in [0.5, 0.6) is 0 Å². The number of β-amino-alcohol motifs (C(OH)–C–C–N with tert-alkyl or cyclic N) is 1. The van der Waals surface area contributed by atoms with E-state index in [9.17, 15) is 5.11 Å². The van der Waals surface area contributed by atoms with E-state index in [4.69, 9.17) is 4.74 Å². The first-order valence-corrected chi connectivity index (χ1v) is 5.87. The van der Waals surface area contributed by atoms with E-state index < -0.39 is 5.60 Å². The van der Waals surface area contributed by atoms with Gasteiger partial charge in [0.1, 0.15) is 10.2 Å². The molecule has 1 fully saturated rings. The Morgan fingerprint density at radius 3 is 3.00 bits per heavy atom. The van der Waals surface area contributed by atoms with Crippen LogP contribution < -0.4 is 4.90 Å². The summed E-state index contributed by atoms with van der Waals surface area (Å²) in [6.07, 6.45) is 0. The molecule has 1 aliphatic heterocycles. The zero-order valence-electron chi connectivity index (χ0n) is 7.73. The number of rotatable bonds is 3. The summed E-state index contributed by atoms with van der Waals surface area (Å²) in [6.45, 7) is 1.58. The lowest BCUT2D eigenvalue weighted by Crippen LogP contribution is -2.64. The molecule has 0 radical (unpaired) electrons. The minimum Gasteiger partial charge on any atom is -0.384 e. The van der Waals surface area contributed by atoms with E-state index >= 15 is 0 Å². The van der Waals surface area contributed by atoms with E-state index in [1.807, 2.05) is 10.3 Å². The number of hydrogen-bond donors (Lipinski definition) is 1. The molecule has 2 rings (SSSR count). The Kier molecular flexibility index (Phi) is 2.79. The van der Waals surface area contributed by atoms with Gasteiger partial charge in [0, 0.05) is 12.5 Å². The number of ether oxygens (including phenoxy) is 1. The van der Waals surface area contributed by atoms with Crippen molar-refractivity contribution in [2.24, 2.45) is 0 Å². The lowest BCUT2D eigenvalue weighted by Gasteiger charge is -2.45. The van der Waals surface area contributed by atoms with E-state index in [0.29, 0.717) is 19.7 Å². The van der Waals surface area contributed by atoms with E-state index in [1.165, 1.54) is 0 Å². The van der Waals surface area contributed by atoms with E-state index in [2.05, 4.69) is 20.9 Å². The van der Waals surface area contributed by atoms with Crippen LogP contribution in [0.2, 0.25) is 0 Å². The fraction of sp³-hybridized carbons (Fsp3) is 0.625. The summed E-state index contributed by atoms with van der Waals surface area (Å²) >= 11 is 4.87. The number of nitrogens with zero attached hydrogens (tertiary/aromatic N) is 2. The molecule has 1 aliphatic rings. The van der Waals surface area contributed by atoms with Crippen molar-refractivity contribution in [1.82, 2.24) is 4.98 Å². The van der Waals surface area contributed by atoms with Gasteiger partial charge in [-0.3, -0.25) is 0 Å². The Labute approximate surface area is 94.6 Å². The predicted octanol–water partition coefficient (Wildman–Crippen LogP) is 1.10. The molecular weight excluding hydrogens is 268 g/mol. The third-order valence-corrected chi connectivity index (χ3v) is 3.73. The van der Waals surface area contributed by atoms with Gasteiger partial charge in [0.05, 0.1) is 19.7 Å².